The molecular weight excluding hydrogens is 166 g/mol. The fourth-order valence-electron chi connectivity index (χ4n) is 0.971. The zero-order valence-electron chi connectivity index (χ0n) is 7.10. The second-order valence-corrected chi connectivity index (χ2v) is 2.70. The van der Waals surface area contributed by atoms with Crippen LogP contribution in [0.25, 0.3) is 0 Å². The fourth-order valence-corrected chi connectivity index (χ4v) is 0.971. The van der Waals surface area contributed by atoms with Crippen LogP contribution < -0.4 is 5.73 Å². The molecule has 3 nitrogen and oxygen atoms in total. The summed E-state index contributed by atoms with van der Waals surface area (Å²) in [4.78, 5) is 10.7. The summed E-state index contributed by atoms with van der Waals surface area (Å²) in [7, 11) is 0. The predicted molar refractivity (Wildman–Crippen MR) is 49.7 cm³/mol. The minimum absolute atomic E-state index is 0.00574. The van der Waals surface area contributed by atoms with E-state index in [4.69, 9.17) is 5.73 Å². The second kappa shape index (κ2) is 3.87. The highest BCUT2D eigenvalue weighted by molar-refractivity contribution is 5.92. The SMILES string of the molecule is C=C(C(N)=O)C(O)c1ccccc1. The average molecular weight is 177 g/mol. The smallest absolute Gasteiger partial charge is 0.247 e. The Labute approximate surface area is 76.5 Å². The number of nitrogens with two attached hydrogens (primary N) is 1. The Kier molecular flexibility index (Phi) is 2.82. The van der Waals surface area contributed by atoms with Crippen molar-refractivity contribution in [3.05, 3.63) is 48.0 Å². The van der Waals surface area contributed by atoms with Crippen LogP contribution in [0.2, 0.25) is 0 Å². The van der Waals surface area contributed by atoms with Crippen molar-refractivity contribution in [1.82, 2.24) is 0 Å². The van der Waals surface area contributed by atoms with Crippen LogP contribution in [0.3, 0.4) is 0 Å². The van der Waals surface area contributed by atoms with Crippen LogP contribution in [0.1, 0.15) is 11.7 Å². The molecule has 0 aromatic heterocycles. The van der Waals surface area contributed by atoms with Crippen molar-refractivity contribution in [1.29, 1.82) is 0 Å². The third-order valence-corrected chi connectivity index (χ3v) is 1.76. The van der Waals surface area contributed by atoms with Gasteiger partial charge in [0.05, 0.1) is 0 Å². The molecule has 0 radical (unpaired) electrons. The first-order valence-electron chi connectivity index (χ1n) is 3.84. The summed E-state index contributed by atoms with van der Waals surface area (Å²) < 4.78 is 0. The van der Waals surface area contributed by atoms with Gasteiger partial charge in [-0.25, -0.2) is 0 Å². The first-order chi connectivity index (χ1) is 6.13. The monoisotopic (exact) mass is 177 g/mol. The highest BCUT2D eigenvalue weighted by Gasteiger charge is 2.14. The molecule has 0 aliphatic heterocycles. The van der Waals surface area contributed by atoms with Crippen LogP contribution in [0.15, 0.2) is 42.5 Å². The van der Waals surface area contributed by atoms with Crippen molar-refractivity contribution < 1.29 is 9.90 Å². The lowest BCUT2D eigenvalue weighted by Gasteiger charge is -2.10. The van der Waals surface area contributed by atoms with E-state index in [1.54, 1.807) is 24.3 Å². The number of rotatable bonds is 3. The standard InChI is InChI=1S/C10H11NO2/c1-7(10(11)13)9(12)8-5-3-2-4-6-8/h2-6,9,12H,1H2,(H2,11,13). The Balaban J connectivity index is 2.86. The van der Waals surface area contributed by atoms with Crippen molar-refractivity contribution in [2.24, 2.45) is 5.73 Å². The topological polar surface area (TPSA) is 63.3 Å². The fraction of sp³-hybridized carbons (Fsp3) is 0.100. The van der Waals surface area contributed by atoms with Gasteiger partial charge in [-0.15, -0.1) is 0 Å². The number of hydrogen-bond donors (Lipinski definition) is 2. The summed E-state index contributed by atoms with van der Waals surface area (Å²) in [6, 6.07) is 8.78. The number of hydrogen-bond acceptors (Lipinski definition) is 2. The molecule has 0 heterocycles. The molecule has 1 atom stereocenters. The Morgan fingerprint density at radius 2 is 1.92 bits per heavy atom. The van der Waals surface area contributed by atoms with E-state index >= 15 is 0 Å². The molecule has 1 aromatic carbocycles. The van der Waals surface area contributed by atoms with E-state index in [0.29, 0.717) is 5.56 Å². The first kappa shape index (κ1) is 9.48. The minimum Gasteiger partial charge on any atom is -0.383 e. The van der Waals surface area contributed by atoms with E-state index in [1.165, 1.54) is 0 Å². The van der Waals surface area contributed by atoms with Crippen LogP contribution in [-0.4, -0.2) is 11.0 Å². The maximum atomic E-state index is 10.7. The maximum absolute atomic E-state index is 10.7. The van der Waals surface area contributed by atoms with Gasteiger partial charge < -0.3 is 10.8 Å². The summed E-state index contributed by atoms with van der Waals surface area (Å²) in [5.74, 6) is -0.684. The number of amides is 1. The van der Waals surface area contributed by atoms with E-state index in [-0.39, 0.29) is 5.57 Å². The van der Waals surface area contributed by atoms with E-state index in [2.05, 4.69) is 6.58 Å². The molecule has 0 aliphatic rings. The Morgan fingerprint density at radius 1 is 1.38 bits per heavy atom. The quantitative estimate of drug-likeness (QED) is 0.669. The molecule has 0 bridgehead atoms. The highest BCUT2D eigenvalue weighted by atomic mass is 16.3. The molecule has 13 heavy (non-hydrogen) atoms. The number of carbonyl (C=O) groups excluding carboxylic acids is 1. The molecule has 0 saturated carbocycles. The van der Waals surface area contributed by atoms with Crippen molar-refractivity contribution in [3.8, 4) is 0 Å². The van der Waals surface area contributed by atoms with Gasteiger partial charge in [0.1, 0.15) is 6.10 Å². The minimum atomic E-state index is -1.00. The molecular formula is C10H11NO2. The highest BCUT2D eigenvalue weighted by Crippen LogP contribution is 2.18. The van der Waals surface area contributed by atoms with Gasteiger partial charge in [-0.1, -0.05) is 36.9 Å². The zero-order valence-corrected chi connectivity index (χ0v) is 7.10. The molecule has 0 aliphatic carbocycles. The third-order valence-electron chi connectivity index (χ3n) is 1.76. The van der Waals surface area contributed by atoms with Gasteiger partial charge in [0.25, 0.3) is 0 Å². The molecule has 0 fully saturated rings. The lowest BCUT2D eigenvalue weighted by atomic mass is 10.0. The van der Waals surface area contributed by atoms with Gasteiger partial charge >= 0.3 is 0 Å². The predicted octanol–water partition coefficient (Wildman–Crippen LogP) is 0.762. The summed E-state index contributed by atoms with van der Waals surface area (Å²) in [6.07, 6.45) is -1.00. The molecule has 3 N–H and O–H groups in total. The molecule has 1 unspecified atom stereocenters. The summed E-state index contributed by atoms with van der Waals surface area (Å²) in [5, 5.41) is 9.56. The number of primary amides is 1. The Bertz CT molecular complexity index is 319. The molecule has 0 spiro atoms. The van der Waals surface area contributed by atoms with E-state index < -0.39 is 12.0 Å². The van der Waals surface area contributed by atoms with Crippen LogP contribution in [0.4, 0.5) is 0 Å². The van der Waals surface area contributed by atoms with E-state index in [9.17, 15) is 9.90 Å². The number of aliphatic hydroxyl groups excluding tert-OH is 1. The lowest BCUT2D eigenvalue weighted by Crippen LogP contribution is -2.18. The maximum Gasteiger partial charge on any atom is 0.247 e. The van der Waals surface area contributed by atoms with Crippen molar-refractivity contribution in [2.45, 2.75) is 6.10 Å². The Morgan fingerprint density at radius 3 is 2.38 bits per heavy atom. The number of benzene rings is 1. The second-order valence-electron chi connectivity index (χ2n) is 2.70. The number of aliphatic hydroxyl groups is 1. The molecule has 3 heteroatoms. The van der Waals surface area contributed by atoms with Gasteiger partial charge in [0.15, 0.2) is 0 Å². The van der Waals surface area contributed by atoms with Crippen LogP contribution >= 0.6 is 0 Å². The van der Waals surface area contributed by atoms with E-state index in [0.717, 1.165) is 0 Å². The summed E-state index contributed by atoms with van der Waals surface area (Å²) >= 11 is 0. The van der Waals surface area contributed by atoms with Crippen molar-refractivity contribution in [3.63, 3.8) is 0 Å². The van der Waals surface area contributed by atoms with Gasteiger partial charge in [-0.3, -0.25) is 4.79 Å². The zero-order chi connectivity index (χ0) is 9.84. The lowest BCUT2D eigenvalue weighted by molar-refractivity contribution is -0.115. The van der Waals surface area contributed by atoms with Gasteiger partial charge in [0.2, 0.25) is 5.91 Å². The summed E-state index contributed by atoms with van der Waals surface area (Å²) in [5.41, 5.74) is 5.60. The van der Waals surface area contributed by atoms with Gasteiger partial charge in [0, 0.05) is 5.57 Å². The van der Waals surface area contributed by atoms with Crippen LogP contribution in [-0.2, 0) is 4.79 Å². The molecule has 1 amide bonds. The normalized spacial score (nSPS) is 12.1. The molecule has 1 rings (SSSR count). The van der Waals surface area contributed by atoms with Crippen molar-refractivity contribution >= 4 is 5.91 Å². The largest absolute Gasteiger partial charge is 0.383 e. The van der Waals surface area contributed by atoms with Crippen LogP contribution in [0, 0.1) is 0 Å². The molecule has 1 aromatic rings. The summed E-state index contributed by atoms with van der Waals surface area (Å²) in [6.45, 7) is 3.41. The van der Waals surface area contributed by atoms with Gasteiger partial charge in [-0.05, 0) is 5.56 Å². The molecule has 68 valence electrons. The first-order valence-corrected chi connectivity index (χ1v) is 3.84. The van der Waals surface area contributed by atoms with Gasteiger partial charge in [-0.2, -0.15) is 0 Å². The van der Waals surface area contributed by atoms with Crippen molar-refractivity contribution in [2.75, 3.05) is 0 Å². The molecule has 0 saturated heterocycles. The average Bonchev–Trinajstić information content (AvgIpc) is 2.17. The third kappa shape index (κ3) is 2.16. The number of carbonyl (C=O) groups is 1. The Hall–Kier alpha value is -1.61. The van der Waals surface area contributed by atoms with Crippen LogP contribution in [0.5, 0.6) is 0 Å². The van der Waals surface area contributed by atoms with E-state index in [1.807, 2.05) is 6.07 Å².